The zero-order chi connectivity index (χ0) is 32.3. The number of hydrogen-bond acceptors (Lipinski definition) is 2. The molecule has 0 aliphatic carbocycles. The molecule has 4 rings (SSSR count). The Bertz CT molecular complexity index is 1890. The van der Waals surface area contributed by atoms with Crippen LogP contribution in [0.5, 0.6) is 0 Å². The molecule has 0 aliphatic rings. The van der Waals surface area contributed by atoms with E-state index in [1.807, 2.05) is 68.5 Å². The third-order valence-electron chi connectivity index (χ3n) is 7.52. The Morgan fingerprint density at radius 2 is 1.68 bits per heavy atom. The van der Waals surface area contributed by atoms with Crippen molar-refractivity contribution in [1.82, 2.24) is 4.57 Å². The molecular weight excluding hydrogens is 797 g/mol. The maximum absolute atomic E-state index is 7.26. The van der Waals surface area contributed by atoms with Crippen molar-refractivity contribution in [3.8, 4) is 16.9 Å². The van der Waals surface area contributed by atoms with Crippen molar-refractivity contribution >= 4 is 35.6 Å². The first-order valence-corrected chi connectivity index (χ1v) is 14.8. The standard InChI is InChI=1S/C42H40N3.CH3.U/c1-7-14-30(3)32(5)25-38(29-44)37-21-23-41(35(8-2)28-37)42-33(6)26-40(45(42)39-18-10-9-11-19-39)22-20-34-16-12-17-36(27-34)31(4)15-13-24-43;;/h7-25,27-29,43H,2-4,44H2,1,5-6H3;1H3;/q2*-1;+2/b14-7-,15-13-,22-20+,32-25+,38-29+,43-24?;;. The summed E-state index contributed by atoms with van der Waals surface area (Å²) in [5.41, 5.74) is 19.0. The van der Waals surface area contributed by atoms with Gasteiger partial charge in [0.15, 0.2) is 0 Å². The van der Waals surface area contributed by atoms with Gasteiger partial charge in [0.25, 0.3) is 0 Å². The predicted octanol–water partition coefficient (Wildman–Crippen LogP) is 11.1. The van der Waals surface area contributed by atoms with E-state index in [2.05, 4.69) is 98.0 Å². The van der Waals surface area contributed by atoms with Crippen LogP contribution in [-0.2, 0) is 0 Å². The van der Waals surface area contributed by atoms with Gasteiger partial charge in [-0.25, -0.2) is 0 Å². The number of rotatable bonds is 12. The van der Waals surface area contributed by atoms with Gasteiger partial charge < -0.3 is 23.1 Å². The summed E-state index contributed by atoms with van der Waals surface area (Å²) in [6.45, 7) is 18.6. The minimum atomic E-state index is 0. The van der Waals surface area contributed by atoms with Gasteiger partial charge in [0.05, 0.1) is 0 Å². The Morgan fingerprint density at radius 1 is 0.936 bits per heavy atom. The number of aryl methyl sites for hydroxylation is 1. The van der Waals surface area contributed by atoms with Gasteiger partial charge in [0, 0.05) is 18.1 Å². The molecule has 0 fully saturated rings. The zero-order valence-corrected chi connectivity index (χ0v) is 32.0. The van der Waals surface area contributed by atoms with E-state index in [-0.39, 0.29) is 38.5 Å². The number of nitrogens with zero attached hydrogens (tertiary/aromatic N) is 1. The Morgan fingerprint density at radius 3 is 2.34 bits per heavy atom. The van der Waals surface area contributed by atoms with E-state index in [0.717, 1.165) is 72.7 Å². The first-order valence-electron chi connectivity index (χ1n) is 14.8. The van der Waals surface area contributed by atoms with Gasteiger partial charge >= 0.3 is 31.1 Å². The van der Waals surface area contributed by atoms with Gasteiger partial charge in [-0.05, 0) is 106 Å². The van der Waals surface area contributed by atoms with Gasteiger partial charge in [-0.1, -0.05) is 105 Å². The molecule has 4 heteroatoms. The normalized spacial score (nSPS) is 11.8. The third kappa shape index (κ3) is 9.46. The van der Waals surface area contributed by atoms with E-state index in [1.54, 1.807) is 12.3 Å². The molecule has 3 nitrogen and oxygen atoms in total. The quantitative estimate of drug-likeness (QED) is 0.0833. The van der Waals surface area contributed by atoms with E-state index in [0.29, 0.717) is 0 Å². The summed E-state index contributed by atoms with van der Waals surface area (Å²) < 4.78 is 2.24. The van der Waals surface area contributed by atoms with Crippen molar-refractivity contribution in [1.29, 1.82) is 5.41 Å². The second-order valence-electron chi connectivity index (χ2n) is 10.6. The second kappa shape index (κ2) is 18.5. The molecule has 0 aliphatic heterocycles. The molecule has 1 heterocycles. The molecule has 0 atom stereocenters. The topological polar surface area (TPSA) is 54.8 Å². The molecular formula is C43H43N3U. The minimum absolute atomic E-state index is 0. The van der Waals surface area contributed by atoms with E-state index in [4.69, 9.17) is 11.1 Å². The monoisotopic (exact) mass is 839 g/mol. The average molecular weight is 840 g/mol. The van der Waals surface area contributed by atoms with Crippen LogP contribution in [-0.4, -0.2) is 10.8 Å². The molecule has 3 N–H and O–H groups in total. The van der Waals surface area contributed by atoms with Crippen molar-refractivity contribution in [3.05, 3.63) is 187 Å². The maximum Gasteiger partial charge on any atom is 2.00 e. The van der Waals surface area contributed by atoms with Gasteiger partial charge in [-0.3, -0.25) is 0 Å². The van der Waals surface area contributed by atoms with E-state index >= 15 is 0 Å². The zero-order valence-electron chi connectivity index (χ0n) is 27.8. The number of nitrogens with one attached hydrogen (secondary N) is 1. The second-order valence-corrected chi connectivity index (χ2v) is 10.6. The molecule has 0 saturated carbocycles. The molecule has 1 aromatic heterocycles. The molecule has 0 unspecified atom stereocenters. The number of benzene rings is 3. The molecule has 234 valence electrons. The van der Waals surface area contributed by atoms with Crippen molar-refractivity contribution in [2.45, 2.75) is 20.8 Å². The Hall–Kier alpha value is -4.62. The summed E-state index contributed by atoms with van der Waals surface area (Å²) in [6, 6.07) is 28.5. The summed E-state index contributed by atoms with van der Waals surface area (Å²) in [4.78, 5) is 0. The molecule has 3 aromatic carbocycles. The Kier molecular flexibility index (Phi) is 15.2. The summed E-state index contributed by atoms with van der Waals surface area (Å²) in [7, 11) is 0. The third-order valence-corrected chi connectivity index (χ3v) is 7.52. The number of hydrogen-bond donors (Lipinski definition) is 2. The van der Waals surface area contributed by atoms with Crippen LogP contribution < -0.4 is 5.73 Å². The summed E-state index contributed by atoms with van der Waals surface area (Å²) in [5.74, 6) is 0. The predicted molar refractivity (Wildman–Crippen MR) is 203 cm³/mol. The van der Waals surface area contributed by atoms with Crippen LogP contribution in [0.25, 0.3) is 46.3 Å². The first kappa shape index (κ1) is 38.6. The van der Waals surface area contributed by atoms with Crippen molar-refractivity contribution < 1.29 is 31.1 Å². The molecule has 0 amide bonds. The summed E-state index contributed by atoms with van der Waals surface area (Å²) in [5, 5.41) is 7.26. The van der Waals surface area contributed by atoms with Gasteiger partial charge in [0.2, 0.25) is 0 Å². The van der Waals surface area contributed by atoms with E-state index in [9.17, 15) is 0 Å². The fourth-order valence-electron chi connectivity index (χ4n) is 5.17. The van der Waals surface area contributed by atoms with Crippen molar-refractivity contribution in [3.63, 3.8) is 0 Å². The number of allylic oxidation sites excluding steroid dienone is 9. The Balaban J connectivity index is 0.00000384. The minimum Gasteiger partial charge on any atom is -0.404 e. The molecule has 47 heavy (non-hydrogen) atoms. The molecule has 4 aromatic rings. The molecule has 0 spiro atoms. The molecule has 0 saturated heterocycles. The van der Waals surface area contributed by atoms with Gasteiger partial charge in [-0.2, -0.15) is 6.07 Å². The number of nitrogens with two attached hydrogens (primary N) is 1. The maximum atomic E-state index is 7.26. The fraction of sp³-hybridized carbons (Fsp3) is 0.0698. The number of para-hydroxylation sites is 1. The average Bonchev–Trinajstić information content (AvgIpc) is 3.40. The van der Waals surface area contributed by atoms with Crippen LogP contribution in [0, 0.1) is 56.9 Å². The van der Waals surface area contributed by atoms with Gasteiger partial charge in [-0.15, -0.1) is 17.7 Å². The van der Waals surface area contributed by atoms with Crippen molar-refractivity contribution in [2.24, 2.45) is 5.73 Å². The fourth-order valence-corrected chi connectivity index (χ4v) is 5.17. The summed E-state index contributed by atoms with van der Waals surface area (Å²) >= 11 is 0. The molecule has 0 bridgehead atoms. The summed E-state index contributed by atoms with van der Waals surface area (Å²) in [6.07, 6.45) is 18.5. The first-order chi connectivity index (χ1) is 21.8. The Labute approximate surface area is 305 Å². The molecule has 0 radical (unpaired) electrons. The van der Waals surface area contributed by atoms with Crippen molar-refractivity contribution in [2.75, 3.05) is 0 Å². The van der Waals surface area contributed by atoms with Crippen LogP contribution in [0.15, 0.2) is 140 Å². The van der Waals surface area contributed by atoms with E-state index in [1.165, 1.54) is 6.21 Å². The van der Waals surface area contributed by atoms with Crippen LogP contribution >= 0.6 is 0 Å². The smallest absolute Gasteiger partial charge is 0.404 e. The SMILES string of the molecule is C=Cc1cc(C(/C=C(\C)C(=C)/C=C\C)=C/N)ccc1-c1c(C)[c-]c(/C=C/c2cccc(C(=C)/C=C\C=N)c2)n1-c1ccccc1.[CH3-].[U+2]. The number of aromatic nitrogens is 1. The largest absolute Gasteiger partial charge is 2.00 e. The van der Waals surface area contributed by atoms with Crippen LogP contribution in [0.3, 0.4) is 0 Å². The van der Waals surface area contributed by atoms with Crippen LogP contribution in [0.1, 0.15) is 47.4 Å². The van der Waals surface area contributed by atoms with E-state index < -0.39 is 0 Å². The van der Waals surface area contributed by atoms with Crippen LogP contribution in [0.4, 0.5) is 0 Å². The van der Waals surface area contributed by atoms with Gasteiger partial charge in [0.1, 0.15) is 0 Å². The van der Waals surface area contributed by atoms with Crippen LogP contribution in [0.2, 0.25) is 0 Å².